The van der Waals surface area contributed by atoms with Gasteiger partial charge < -0.3 is 18.9 Å². The predicted molar refractivity (Wildman–Crippen MR) is 178 cm³/mol. The highest BCUT2D eigenvalue weighted by atomic mass is 32.1. The lowest BCUT2D eigenvalue weighted by Crippen LogP contribution is -2.66. The van der Waals surface area contributed by atoms with E-state index in [9.17, 15) is 18.9 Å². The quantitative estimate of drug-likeness (QED) is 0.192. The van der Waals surface area contributed by atoms with Gasteiger partial charge in [0.05, 0.1) is 33.0 Å². The fraction of sp³-hybridized carbons (Fsp3) is 0.324. The summed E-state index contributed by atoms with van der Waals surface area (Å²) < 4.78 is 69.0. The Hall–Kier alpha value is -4.40. The van der Waals surface area contributed by atoms with Crippen LogP contribution in [0.2, 0.25) is 0 Å². The van der Waals surface area contributed by atoms with Gasteiger partial charge in [0.15, 0.2) is 17.3 Å². The third-order valence-corrected chi connectivity index (χ3v) is 12.1. The molecular formula is C34H31F2N4O8PS. The van der Waals surface area contributed by atoms with Gasteiger partial charge in [-0.2, -0.15) is 5.09 Å². The van der Waals surface area contributed by atoms with E-state index in [1.807, 2.05) is 29.6 Å². The fourth-order valence-electron chi connectivity index (χ4n) is 7.10. The molecule has 1 N–H and O–H groups in total. The highest BCUT2D eigenvalue weighted by molar-refractivity contribution is 7.52. The largest absolute Gasteiger partial charge is 0.468 e. The molecule has 2 fully saturated rings. The molecule has 0 bridgehead atoms. The molecule has 1 saturated carbocycles. The van der Waals surface area contributed by atoms with Crippen molar-refractivity contribution in [3.63, 3.8) is 0 Å². The van der Waals surface area contributed by atoms with Crippen LogP contribution in [-0.2, 0) is 23.4 Å². The number of halogens is 2. The van der Waals surface area contributed by atoms with Crippen molar-refractivity contribution in [1.82, 2.24) is 14.7 Å². The van der Waals surface area contributed by atoms with Crippen LogP contribution in [0, 0.1) is 11.6 Å². The van der Waals surface area contributed by atoms with E-state index < -0.39 is 60.2 Å². The maximum atomic E-state index is 16.0. The van der Waals surface area contributed by atoms with E-state index in [0.29, 0.717) is 11.1 Å². The number of amides is 1. The highest BCUT2D eigenvalue weighted by Gasteiger charge is 2.57. The molecule has 2 aliphatic carbocycles. The number of methoxy groups -OCH3 is 1. The Kier molecular flexibility index (Phi) is 7.95. The molecule has 4 heterocycles. The maximum Gasteiger partial charge on any atom is 0.459 e. The number of carbonyl (C=O) groups is 2. The highest BCUT2D eigenvalue weighted by Crippen LogP contribution is 2.54. The van der Waals surface area contributed by atoms with Crippen molar-refractivity contribution in [2.75, 3.05) is 38.5 Å². The van der Waals surface area contributed by atoms with Gasteiger partial charge in [0.2, 0.25) is 11.2 Å². The van der Waals surface area contributed by atoms with Crippen molar-refractivity contribution in [2.24, 2.45) is 0 Å². The van der Waals surface area contributed by atoms with Crippen LogP contribution in [0.15, 0.2) is 64.9 Å². The average molecular weight is 725 g/mol. The molecule has 50 heavy (non-hydrogen) atoms. The van der Waals surface area contributed by atoms with Crippen molar-refractivity contribution < 1.29 is 41.5 Å². The minimum Gasteiger partial charge on any atom is -0.468 e. The second kappa shape index (κ2) is 12.1. The van der Waals surface area contributed by atoms with Crippen molar-refractivity contribution in [3.8, 4) is 27.3 Å². The Morgan fingerprint density at radius 2 is 1.90 bits per heavy atom. The smallest absolute Gasteiger partial charge is 0.459 e. The van der Waals surface area contributed by atoms with Gasteiger partial charge in [0.1, 0.15) is 11.7 Å². The lowest BCUT2D eigenvalue weighted by atomic mass is 9.92. The average Bonchev–Trinajstić information content (AvgIpc) is 3.76. The number of hydrogen-bond donors (Lipinski definition) is 1. The first-order valence-corrected chi connectivity index (χ1v) is 18.4. The van der Waals surface area contributed by atoms with Gasteiger partial charge in [-0.25, -0.2) is 13.3 Å². The van der Waals surface area contributed by atoms with E-state index in [-0.39, 0.29) is 50.5 Å². The molecule has 8 rings (SSSR count). The van der Waals surface area contributed by atoms with Crippen LogP contribution in [0.1, 0.15) is 47.4 Å². The van der Waals surface area contributed by atoms with Crippen molar-refractivity contribution in [2.45, 2.75) is 37.5 Å². The Morgan fingerprint density at radius 3 is 2.66 bits per heavy atom. The molecule has 260 valence electrons. The minimum atomic E-state index is -4.48. The summed E-state index contributed by atoms with van der Waals surface area (Å²) in [5.41, 5.74) is 0.139. The van der Waals surface area contributed by atoms with Crippen LogP contribution >= 0.6 is 19.1 Å². The second-order valence-corrected chi connectivity index (χ2v) is 14.9. The van der Waals surface area contributed by atoms with E-state index >= 15 is 8.78 Å². The first kappa shape index (κ1) is 32.8. The van der Waals surface area contributed by atoms with Crippen LogP contribution in [-0.4, -0.2) is 66.6 Å². The number of fused-ring (bicyclic) bond motifs is 7. The Labute approximate surface area is 288 Å². The topological polar surface area (TPSA) is 129 Å². The second-order valence-electron chi connectivity index (χ2n) is 12.3. The van der Waals surface area contributed by atoms with Gasteiger partial charge in [-0.15, -0.1) is 11.3 Å². The standard InChI is InChI=1S/C34H31F2N4O8PS/c1-3-47-49(44,37-34(12-13-34)33(43)45-2)48-30-24(41)10-14-39-29(30)32(42)38-15-16-46-18-25(38)40(39)28-19-6-4-5-7-20(19)31-22(11-17-50-31)26-21(28)8-9-23(35)27(26)36/h4-11,14,17,25,28H,3,12-13,15-16,18H2,1-2H3,(H,37,44). The molecule has 1 saturated heterocycles. The van der Waals surface area contributed by atoms with Crippen LogP contribution < -0.4 is 20.0 Å². The van der Waals surface area contributed by atoms with Gasteiger partial charge in [0.25, 0.3) is 5.91 Å². The molecular weight excluding hydrogens is 693 g/mol. The number of esters is 1. The van der Waals surface area contributed by atoms with Crippen molar-refractivity contribution in [1.29, 1.82) is 0 Å². The molecule has 2 aliphatic heterocycles. The summed E-state index contributed by atoms with van der Waals surface area (Å²) in [6.07, 6.45) is 1.20. The van der Waals surface area contributed by atoms with Crippen molar-refractivity contribution in [3.05, 3.63) is 98.8 Å². The molecule has 2 aromatic carbocycles. The zero-order valence-corrected chi connectivity index (χ0v) is 28.6. The molecule has 2 aromatic heterocycles. The number of morpholine rings is 1. The molecule has 16 heteroatoms. The van der Waals surface area contributed by atoms with E-state index in [0.717, 1.165) is 28.1 Å². The molecule has 3 unspecified atom stereocenters. The van der Waals surface area contributed by atoms with Gasteiger partial charge in [-0.3, -0.25) is 28.6 Å². The van der Waals surface area contributed by atoms with Gasteiger partial charge in [-0.05, 0) is 54.0 Å². The summed E-state index contributed by atoms with van der Waals surface area (Å²) in [5.74, 6) is -3.87. The molecule has 4 aliphatic rings. The number of ether oxygens (including phenoxy) is 2. The molecule has 3 atom stereocenters. The maximum absolute atomic E-state index is 16.0. The number of aromatic nitrogens is 1. The first-order valence-electron chi connectivity index (χ1n) is 16.0. The van der Waals surface area contributed by atoms with Crippen LogP contribution in [0.4, 0.5) is 8.78 Å². The zero-order chi connectivity index (χ0) is 34.9. The normalized spacial score (nSPS) is 21.1. The van der Waals surface area contributed by atoms with Gasteiger partial charge in [-0.1, -0.05) is 30.3 Å². The number of nitrogens with one attached hydrogen (secondary N) is 1. The molecule has 12 nitrogen and oxygen atoms in total. The Bertz CT molecular complexity index is 2170. The number of benzene rings is 2. The summed E-state index contributed by atoms with van der Waals surface area (Å²) >= 11 is 1.40. The Balaban J connectivity index is 1.35. The third-order valence-electron chi connectivity index (χ3n) is 9.46. The van der Waals surface area contributed by atoms with E-state index in [4.69, 9.17) is 18.5 Å². The van der Waals surface area contributed by atoms with E-state index in [1.54, 1.807) is 18.0 Å². The predicted octanol–water partition coefficient (Wildman–Crippen LogP) is 5.19. The summed E-state index contributed by atoms with van der Waals surface area (Å²) in [6.45, 7) is 1.81. The van der Waals surface area contributed by atoms with E-state index in [1.165, 1.54) is 40.3 Å². The number of rotatable bonds is 8. The summed E-state index contributed by atoms with van der Waals surface area (Å²) in [6, 6.07) is 12.2. The lowest BCUT2D eigenvalue weighted by molar-refractivity contribution is -0.143. The summed E-state index contributed by atoms with van der Waals surface area (Å²) in [7, 11) is -3.28. The molecule has 0 spiro atoms. The minimum absolute atomic E-state index is 0.0492. The number of pyridine rings is 1. The SMILES string of the molecule is CCOP(=O)(NC1(C(=O)OC)CC1)Oc1c2n(ccc1=O)N(C1c3ccccc3-c3sccc3-c3c1ccc(F)c3F)C1COCCN1C2=O. The fourth-order valence-corrected chi connectivity index (χ4v) is 9.81. The number of thiophene rings is 1. The number of hydrogen-bond acceptors (Lipinski definition) is 10. The molecule has 0 radical (unpaired) electrons. The summed E-state index contributed by atoms with van der Waals surface area (Å²) in [5, 5.41) is 6.27. The molecule has 1 amide bonds. The van der Waals surface area contributed by atoms with Gasteiger partial charge in [0, 0.05) is 34.8 Å². The number of carbonyl (C=O) groups excluding carboxylic acids is 2. The number of nitrogens with zero attached hydrogens (tertiary/aromatic N) is 3. The first-order chi connectivity index (χ1) is 24.1. The van der Waals surface area contributed by atoms with Crippen molar-refractivity contribution >= 4 is 31.0 Å². The lowest BCUT2D eigenvalue weighted by Gasteiger charge is -2.51. The van der Waals surface area contributed by atoms with Crippen LogP contribution in [0.3, 0.4) is 0 Å². The summed E-state index contributed by atoms with van der Waals surface area (Å²) in [4.78, 5) is 42.9. The zero-order valence-electron chi connectivity index (χ0n) is 26.9. The third kappa shape index (κ3) is 5.02. The van der Waals surface area contributed by atoms with E-state index in [2.05, 4.69) is 5.09 Å². The van der Waals surface area contributed by atoms with Crippen LogP contribution in [0.25, 0.3) is 21.6 Å². The monoisotopic (exact) mass is 724 g/mol. The van der Waals surface area contributed by atoms with Gasteiger partial charge >= 0.3 is 13.7 Å². The van der Waals surface area contributed by atoms with Crippen LogP contribution in [0.5, 0.6) is 5.75 Å². The molecule has 4 aromatic rings. The Morgan fingerprint density at radius 1 is 1.10 bits per heavy atom.